The number of hydrogen-bond donors (Lipinski definition) is 1. The van der Waals surface area contributed by atoms with E-state index in [2.05, 4.69) is 34.0 Å². The quantitative estimate of drug-likeness (QED) is 0.800. The number of nitrogens with one attached hydrogen (secondary N) is 1. The largest absolute Gasteiger partial charge is 0.356 e. The van der Waals surface area contributed by atoms with Gasteiger partial charge in [0.2, 0.25) is 11.9 Å². The lowest BCUT2D eigenvalue weighted by Crippen LogP contribution is -2.44. The van der Waals surface area contributed by atoms with Crippen LogP contribution in [0.15, 0.2) is 18.5 Å². The van der Waals surface area contributed by atoms with E-state index < -0.39 is 0 Å². The lowest BCUT2D eigenvalue weighted by Gasteiger charge is -2.32. The SMILES string of the molecule is CCCCC(CC)CNC(=O)C1CCCN(c2ncccn2)C1. The average molecular weight is 318 g/mol. The molecule has 2 rings (SSSR count). The van der Waals surface area contributed by atoms with E-state index in [1.165, 1.54) is 19.3 Å². The number of carbonyl (C=O) groups is 1. The summed E-state index contributed by atoms with van der Waals surface area (Å²) in [7, 11) is 0. The highest BCUT2D eigenvalue weighted by Crippen LogP contribution is 2.20. The first-order valence-corrected chi connectivity index (χ1v) is 9.04. The van der Waals surface area contributed by atoms with Gasteiger partial charge in [-0.2, -0.15) is 0 Å². The van der Waals surface area contributed by atoms with Crippen molar-refractivity contribution in [1.82, 2.24) is 15.3 Å². The summed E-state index contributed by atoms with van der Waals surface area (Å²) in [5.74, 6) is 1.59. The molecule has 1 aromatic rings. The highest BCUT2D eigenvalue weighted by molar-refractivity contribution is 5.79. The van der Waals surface area contributed by atoms with Gasteiger partial charge in [-0.25, -0.2) is 9.97 Å². The molecule has 5 nitrogen and oxygen atoms in total. The zero-order chi connectivity index (χ0) is 16.5. The molecule has 1 saturated heterocycles. The average Bonchev–Trinajstić information content (AvgIpc) is 2.62. The molecule has 0 aliphatic carbocycles. The van der Waals surface area contributed by atoms with E-state index in [9.17, 15) is 4.79 Å². The Labute approximate surface area is 139 Å². The van der Waals surface area contributed by atoms with Gasteiger partial charge in [0.25, 0.3) is 0 Å². The molecule has 1 amide bonds. The number of unbranched alkanes of at least 4 members (excludes halogenated alkanes) is 1. The van der Waals surface area contributed by atoms with Crippen molar-refractivity contribution in [3.8, 4) is 0 Å². The molecule has 0 saturated carbocycles. The molecule has 1 aliphatic heterocycles. The van der Waals surface area contributed by atoms with E-state index in [0.717, 1.165) is 44.8 Å². The van der Waals surface area contributed by atoms with Crippen LogP contribution in [0.4, 0.5) is 5.95 Å². The van der Waals surface area contributed by atoms with Crippen LogP contribution in [-0.2, 0) is 4.79 Å². The van der Waals surface area contributed by atoms with Gasteiger partial charge in [0.15, 0.2) is 0 Å². The molecule has 1 N–H and O–H groups in total. The number of amides is 1. The van der Waals surface area contributed by atoms with Crippen molar-refractivity contribution in [3.05, 3.63) is 18.5 Å². The summed E-state index contributed by atoms with van der Waals surface area (Å²) in [4.78, 5) is 23.2. The summed E-state index contributed by atoms with van der Waals surface area (Å²) < 4.78 is 0. The second-order valence-corrected chi connectivity index (χ2v) is 6.50. The first kappa shape index (κ1) is 17.7. The van der Waals surface area contributed by atoms with Crippen LogP contribution < -0.4 is 10.2 Å². The van der Waals surface area contributed by atoms with E-state index in [1.54, 1.807) is 12.4 Å². The van der Waals surface area contributed by atoms with Crippen molar-refractivity contribution < 1.29 is 4.79 Å². The van der Waals surface area contributed by atoms with E-state index in [-0.39, 0.29) is 11.8 Å². The Morgan fingerprint density at radius 3 is 2.87 bits per heavy atom. The normalized spacial score (nSPS) is 19.4. The highest BCUT2D eigenvalue weighted by atomic mass is 16.1. The molecule has 2 atom stereocenters. The number of rotatable bonds is 8. The molecule has 1 aromatic heterocycles. The summed E-state index contributed by atoms with van der Waals surface area (Å²) in [5, 5.41) is 3.18. The molecule has 128 valence electrons. The fourth-order valence-electron chi connectivity index (χ4n) is 3.16. The van der Waals surface area contributed by atoms with Crippen molar-refractivity contribution in [2.45, 2.75) is 52.4 Å². The molecule has 0 spiro atoms. The number of nitrogens with zero attached hydrogens (tertiary/aromatic N) is 3. The summed E-state index contributed by atoms with van der Waals surface area (Å²) in [5.41, 5.74) is 0. The Morgan fingerprint density at radius 2 is 2.17 bits per heavy atom. The van der Waals surface area contributed by atoms with Crippen molar-refractivity contribution in [2.24, 2.45) is 11.8 Å². The Kier molecular flexibility index (Phi) is 7.30. The van der Waals surface area contributed by atoms with E-state index in [0.29, 0.717) is 5.92 Å². The van der Waals surface area contributed by atoms with Crippen molar-refractivity contribution >= 4 is 11.9 Å². The number of piperidine rings is 1. The minimum atomic E-state index is 0.0521. The molecule has 2 unspecified atom stereocenters. The van der Waals surface area contributed by atoms with Gasteiger partial charge in [-0.1, -0.05) is 33.1 Å². The molecule has 0 aromatic carbocycles. The zero-order valence-corrected chi connectivity index (χ0v) is 14.5. The van der Waals surface area contributed by atoms with Gasteiger partial charge >= 0.3 is 0 Å². The number of hydrogen-bond acceptors (Lipinski definition) is 4. The van der Waals surface area contributed by atoms with Crippen LogP contribution in [0.3, 0.4) is 0 Å². The Bertz CT molecular complexity index is 465. The lowest BCUT2D eigenvalue weighted by molar-refractivity contribution is -0.125. The van der Waals surface area contributed by atoms with Gasteiger partial charge in [-0.15, -0.1) is 0 Å². The van der Waals surface area contributed by atoms with Crippen LogP contribution >= 0.6 is 0 Å². The topological polar surface area (TPSA) is 58.1 Å². The summed E-state index contributed by atoms with van der Waals surface area (Å²) in [6, 6.07) is 1.82. The number of anilines is 1. The lowest BCUT2D eigenvalue weighted by atomic mass is 9.96. The molecule has 23 heavy (non-hydrogen) atoms. The van der Waals surface area contributed by atoms with Crippen LogP contribution in [0.25, 0.3) is 0 Å². The maximum Gasteiger partial charge on any atom is 0.225 e. The molecule has 0 bridgehead atoms. The predicted molar refractivity (Wildman–Crippen MR) is 93.3 cm³/mol. The molecular weight excluding hydrogens is 288 g/mol. The zero-order valence-electron chi connectivity index (χ0n) is 14.5. The van der Waals surface area contributed by atoms with Crippen LogP contribution in [0.2, 0.25) is 0 Å². The van der Waals surface area contributed by atoms with Crippen LogP contribution in [0.5, 0.6) is 0 Å². The first-order chi connectivity index (χ1) is 11.2. The summed E-state index contributed by atoms with van der Waals surface area (Å²) >= 11 is 0. The smallest absolute Gasteiger partial charge is 0.225 e. The minimum Gasteiger partial charge on any atom is -0.356 e. The monoisotopic (exact) mass is 318 g/mol. The van der Waals surface area contributed by atoms with Gasteiger partial charge in [0.05, 0.1) is 5.92 Å². The van der Waals surface area contributed by atoms with Crippen LogP contribution in [0.1, 0.15) is 52.4 Å². The Balaban J connectivity index is 1.82. The second kappa shape index (κ2) is 9.48. The molecule has 2 heterocycles. The van der Waals surface area contributed by atoms with Gasteiger partial charge in [0.1, 0.15) is 0 Å². The number of carbonyl (C=O) groups excluding carboxylic acids is 1. The third-order valence-corrected chi connectivity index (χ3v) is 4.74. The van der Waals surface area contributed by atoms with Gasteiger partial charge < -0.3 is 10.2 Å². The third-order valence-electron chi connectivity index (χ3n) is 4.74. The van der Waals surface area contributed by atoms with Crippen LogP contribution in [0, 0.1) is 11.8 Å². The Morgan fingerprint density at radius 1 is 1.39 bits per heavy atom. The fourth-order valence-corrected chi connectivity index (χ4v) is 3.16. The van der Waals surface area contributed by atoms with Gasteiger partial charge in [-0.3, -0.25) is 4.79 Å². The minimum absolute atomic E-state index is 0.0521. The maximum atomic E-state index is 12.5. The maximum absolute atomic E-state index is 12.5. The van der Waals surface area contributed by atoms with E-state index in [1.807, 2.05) is 6.07 Å². The van der Waals surface area contributed by atoms with E-state index >= 15 is 0 Å². The third kappa shape index (κ3) is 5.48. The number of aromatic nitrogens is 2. The fraction of sp³-hybridized carbons (Fsp3) is 0.722. The first-order valence-electron chi connectivity index (χ1n) is 9.04. The van der Waals surface area contributed by atoms with Gasteiger partial charge in [-0.05, 0) is 31.2 Å². The molecular formula is C18H30N4O. The molecule has 1 fully saturated rings. The standard InChI is InChI=1S/C18H30N4O/c1-3-5-8-15(4-2)13-21-17(23)16-9-6-12-22(14-16)18-19-10-7-11-20-18/h7,10-11,15-16H,3-6,8-9,12-14H2,1-2H3,(H,21,23). The molecule has 1 aliphatic rings. The van der Waals surface area contributed by atoms with Crippen molar-refractivity contribution in [1.29, 1.82) is 0 Å². The predicted octanol–water partition coefficient (Wildman–Crippen LogP) is 3.03. The Hall–Kier alpha value is -1.65. The summed E-state index contributed by atoms with van der Waals surface area (Å²) in [6.45, 7) is 6.90. The van der Waals surface area contributed by atoms with Crippen molar-refractivity contribution in [2.75, 3.05) is 24.5 Å². The highest BCUT2D eigenvalue weighted by Gasteiger charge is 2.27. The summed E-state index contributed by atoms with van der Waals surface area (Å²) in [6.07, 6.45) is 10.3. The van der Waals surface area contributed by atoms with Gasteiger partial charge in [0, 0.05) is 32.0 Å². The molecule has 0 radical (unpaired) electrons. The van der Waals surface area contributed by atoms with E-state index in [4.69, 9.17) is 0 Å². The second-order valence-electron chi connectivity index (χ2n) is 6.50. The van der Waals surface area contributed by atoms with Crippen molar-refractivity contribution in [3.63, 3.8) is 0 Å². The van der Waals surface area contributed by atoms with Crippen LogP contribution in [-0.4, -0.2) is 35.5 Å². The molecule has 5 heteroatoms.